The molecule has 0 aromatic carbocycles. The molecule has 0 saturated carbocycles. The molecule has 0 N–H and O–H groups in total. The second kappa shape index (κ2) is 7.42. The maximum atomic E-state index is 5.93. The van der Waals surface area contributed by atoms with Gasteiger partial charge in [-0.15, -0.1) is 0 Å². The van der Waals surface area contributed by atoms with E-state index in [2.05, 4.69) is 9.97 Å². The van der Waals surface area contributed by atoms with Crippen LogP contribution >= 0.6 is 11.6 Å². The van der Waals surface area contributed by atoms with E-state index in [1.807, 2.05) is 11.9 Å². The highest BCUT2D eigenvalue weighted by atomic mass is 35.5. The van der Waals surface area contributed by atoms with Crippen LogP contribution in [0.25, 0.3) is 0 Å². The van der Waals surface area contributed by atoms with Crippen molar-refractivity contribution in [2.75, 3.05) is 39.3 Å². The van der Waals surface area contributed by atoms with Crippen molar-refractivity contribution in [2.45, 2.75) is 13.0 Å². The van der Waals surface area contributed by atoms with Crippen LogP contribution in [0.1, 0.15) is 12.2 Å². The van der Waals surface area contributed by atoms with E-state index in [4.69, 9.17) is 21.1 Å². The Morgan fingerprint density at radius 2 is 2.06 bits per heavy atom. The predicted molar refractivity (Wildman–Crippen MR) is 67.5 cm³/mol. The molecule has 0 bridgehead atoms. The van der Waals surface area contributed by atoms with Crippen LogP contribution in [0.15, 0.2) is 6.07 Å². The van der Waals surface area contributed by atoms with Gasteiger partial charge in [0.15, 0.2) is 5.82 Å². The highest BCUT2D eigenvalue weighted by Gasteiger charge is 2.07. The van der Waals surface area contributed by atoms with Crippen molar-refractivity contribution in [3.8, 4) is 0 Å². The Morgan fingerprint density at radius 1 is 1.29 bits per heavy atom. The molecule has 0 aliphatic rings. The van der Waals surface area contributed by atoms with Crippen LogP contribution in [0.4, 0.5) is 5.82 Å². The van der Waals surface area contributed by atoms with E-state index in [0.717, 1.165) is 25.4 Å². The first-order chi connectivity index (χ1) is 8.17. The van der Waals surface area contributed by atoms with Crippen LogP contribution in [0.2, 0.25) is 5.15 Å². The Morgan fingerprint density at radius 3 is 2.71 bits per heavy atom. The van der Waals surface area contributed by atoms with Gasteiger partial charge in [-0.1, -0.05) is 11.6 Å². The smallest absolute Gasteiger partial charge is 0.158 e. The number of hydrogen-bond donors (Lipinski definition) is 0. The van der Waals surface area contributed by atoms with Crippen molar-refractivity contribution in [2.24, 2.45) is 0 Å². The lowest BCUT2D eigenvalue weighted by atomic mass is 10.4. The molecule has 1 heterocycles. The Bertz CT molecular complexity index is 349. The zero-order valence-corrected chi connectivity index (χ0v) is 11.2. The molecule has 1 rings (SSSR count). The van der Waals surface area contributed by atoms with Gasteiger partial charge < -0.3 is 14.4 Å². The molecule has 6 heteroatoms. The lowest BCUT2D eigenvalue weighted by Gasteiger charge is -2.18. The fraction of sp³-hybridized carbons (Fsp3) is 0.636. The standard InChI is InChI=1S/C11H18ClN3O2/c1-15(5-4-6-16-2)11-7-9(12)13-10(14-11)8-17-3/h7H,4-6,8H2,1-3H3. The fourth-order valence-electron chi connectivity index (χ4n) is 1.40. The molecule has 0 aliphatic carbocycles. The van der Waals surface area contributed by atoms with E-state index in [-0.39, 0.29) is 0 Å². The monoisotopic (exact) mass is 259 g/mol. The first-order valence-corrected chi connectivity index (χ1v) is 5.77. The summed E-state index contributed by atoms with van der Waals surface area (Å²) in [5.74, 6) is 1.39. The minimum atomic E-state index is 0.361. The first-order valence-electron chi connectivity index (χ1n) is 5.40. The molecular weight excluding hydrogens is 242 g/mol. The predicted octanol–water partition coefficient (Wildman–Crippen LogP) is 1.75. The first kappa shape index (κ1) is 14.2. The molecule has 0 saturated heterocycles. The fourth-order valence-corrected chi connectivity index (χ4v) is 1.60. The van der Waals surface area contributed by atoms with Gasteiger partial charge in [0.25, 0.3) is 0 Å². The van der Waals surface area contributed by atoms with Gasteiger partial charge in [-0.25, -0.2) is 9.97 Å². The molecule has 1 aromatic rings. The number of halogens is 1. The molecule has 0 spiro atoms. The summed E-state index contributed by atoms with van der Waals surface area (Å²) in [7, 11) is 5.26. The number of hydrogen-bond acceptors (Lipinski definition) is 5. The molecule has 0 amide bonds. The van der Waals surface area contributed by atoms with Crippen molar-refractivity contribution in [1.29, 1.82) is 0 Å². The van der Waals surface area contributed by atoms with Gasteiger partial charge in [0.1, 0.15) is 17.6 Å². The molecule has 1 aromatic heterocycles. The van der Waals surface area contributed by atoms with Gasteiger partial charge in [0.2, 0.25) is 0 Å². The lowest BCUT2D eigenvalue weighted by Crippen LogP contribution is -2.21. The van der Waals surface area contributed by atoms with Crippen LogP contribution in [-0.2, 0) is 16.1 Å². The molecule has 0 fully saturated rings. The van der Waals surface area contributed by atoms with Crippen LogP contribution in [0.3, 0.4) is 0 Å². The Hall–Kier alpha value is -0.910. The van der Waals surface area contributed by atoms with Crippen LogP contribution in [0, 0.1) is 0 Å². The highest BCUT2D eigenvalue weighted by Crippen LogP contribution is 2.15. The molecule has 5 nitrogen and oxygen atoms in total. The summed E-state index contributed by atoms with van der Waals surface area (Å²) in [4.78, 5) is 10.5. The normalized spacial score (nSPS) is 10.6. The number of nitrogens with zero attached hydrogens (tertiary/aromatic N) is 3. The molecule has 17 heavy (non-hydrogen) atoms. The van der Waals surface area contributed by atoms with Crippen molar-refractivity contribution < 1.29 is 9.47 Å². The summed E-state index contributed by atoms with van der Waals surface area (Å²) >= 11 is 5.93. The van der Waals surface area contributed by atoms with Gasteiger partial charge in [-0.2, -0.15) is 0 Å². The van der Waals surface area contributed by atoms with Gasteiger partial charge in [0.05, 0.1) is 0 Å². The molecule has 0 aliphatic heterocycles. The SMILES string of the molecule is COCCCN(C)c1cc(Cl)nc(COC)n1. The maximum Gasteiger partial charge on any atom is 0.158 e. The minimum Gasteiger partial charge on any atom is -0.385 e. The largest absolute Gasteiger partial charge is 0.385 e. The van der Waals surface area contributed by atoms with E-state index < -0.39 is 0 Å². The Balaban J connectivity index is 2.67. The zero-order valence-electron chi connectivity index (χ0n) is 10.4. The molecule has 96 valence electrons. The quantitative estimate of drug-likeness (QED) is 0.552. The van der Waals surface area contributed by atoms with E-state index in [1.165, 1.54) is 0 Å². The average Bonchev–Trinajstić information content (AvgIpc) is 2.29. The zero-order chi connectivity index (χ0) is 12.7. The van der Waals surface area contributed by atoms with Gasteiger partial charge >= 0.3 is 0 Å². The third-order valence-corrected chi connectivity index (χ3v) is 2.43. The van der Waals surface area contributed by atoms with E-state index in [1.54, 1.807) is 20.3 Å². The summed E-state index contributed by atoms with van der Waals surface area (Å²) in [6, 6.07) is 1.74. The van der Waals surface area contributed by atoms with Gasteiger partial charge in [0, 0.05) is 40.5 Å². The van der Waals surface area contributed by atoms with Crippen LogP contribution in [0.5, 0.6) is 0 Å². The van der Waals surface area contributed by atoms with Crippen LogP contribution in [-0.4, -0.2) is 44.4 Å². The van der Waals surface area contributed by atoms with E-state index >= 15 is 0 Å². The summed E-state index contributed by atoms with van der Waals surface area (Å²) in [5, 5.41) is 0.431. The van der Waals surface area contributed by atoms with Gasteiger partial charge in [-0.3, -0.25) is 0 Å². The Labute approximate surface area is 107 Å². The summed E-state index contributed by atoms with van der Waals surface area (Å²) < 4.78 is 10.0. The Kier molecular flexibility index (Phi) is 6.18. The summed E-state index contributed by atoms with van der Waals surface area (Å²) in [6.45, 7) is 1.95. The number of methoxy groups -OCH3 is 2. The average molecular weight is 260 g/mol. The number of anilines is 1. The highest BCUT2D eigenvalue weighted by molar-refractivity contribution is 6.29. The van der Waals surface area contributed by atoms with E-state index in [9.17, 15) is 0 Å². The van der Waals surface area contributed by atoms with Crippen LogP contribution < -0.4 is 4.90 Å². The minimum absolute atomic E-state index is 0.361. The summed E-state index contributed by atoms with van der Waals surface area (Å²) in [6.07, 6.45) is 0.939. The van der Waals surface area contributed by atoms with Crippen molar-refractivity contribution in [3.05, 3.63) is 17.0 Å². The maximum absolute atomic E-state index is 5.93. The number of rotatable bonds is 7. The molecule has 0 radical (unpaired) electrons. The van der Waals surface area contributed by atoms with Crippen molar-refractivity contribution in [1.82, 2.24) is 9.97 Å². The summed E-state index contributed by atoms with van der Waals surface area (Å²) in [5.41, 5.74) is 0. The van der Waals surface area contributed by atoms with Gasteiger partial charge in [-0.05, 0) is 6.42 Å². The lowest BCUT2D eigenvalue weighted by molar-refractivity contribution is 0.178. The molecular formula is C11H18ClN3O2. The third kappa shape index (κ3) is 4.85. The second-order valence-corrected chi connectivity index (χ2v) is 4.05. The molecule has 0 atom stereocenters. The van der Waals surface area contributed by atoms with Crippen molar-refractivity contribution >= 4 is 17.4 Å². The third-order valence-electron chi connectivity index (χ3n) is 2.23. The molecule has 0 unspecified atom stereocenters. The van der Waals surface area contributed by atoms with Crippen molar-refractivity contribution in [3.63, 3.8) is 0 Å². The second-order valence-electron chi connectivity index (χ2n) is 3.67. The van der Waals surface area contributed by atoms with E-state index in [0.29, 0.717) is 17.6 Å². The number of ether oxygens (including phenoxy) is 2. The number of aromatic nitrogens is 2. The topological polar surface area (TPSA) is 47.5 Å².